The van der Waals surface area contributed by atoms with Crippen LogP contribution in [0.4, 0.5) is 18.9 Å². The topological polar surface area (TPSA) is 152 Å². The Hall–Kier alpha value is -2.73. The van der Waals surface area contributed by atoms with E-state index in [-0.39, 0.29) is 5.75 Å². The van der Waals surface area contributed by atoms with Gasteiger partial charge in [0.25, 0.3) is 11.6 Å². The molecule has 0 aliphatic carbocycles. The number of hydrogen-bond acceptors (Lipinski definition) is 6. The summed E-state index contributed by atoms with van der Waals surface area (Å²) in [6, 6.07) is 3.30. The van der Waals surface area contributed by atoms with Gasteiger partial charge in [-0.05, 0) is 12.1 Å². The smallest absolute Gasteiger partial charge is 0.417 e. The quantitative estimate of drug-likeness (QED) is 0.341. The molecule has 0 aliphatic heterocycles. The van der Waals surface area contributed by atoms with E-state index in [2.05, 4.69) is 4.98 Å². The standard InChI is InChI=1S/C14H10ClF3N3O7P/c15-10-3-7(14(16,17)18)5-19-13(10)28-8-1-2-11(21(23)24)9(4-8)12(22)20-6-29(25,26)27/h1-5H,6H2,(H,20,22)(H2,25,26,27). The summed E-state index contributed by atoms with van der Waals surface area (Å²) in [5.41, 5.74) is -2.44. The van der Waals surface area contributed by atoms with Gasteiger partial charge in [0.05, 0.1) is 10.5 Å². The summed E-state index contributed by atoms with van der Waals surface area (Å²) in [4.78, 5) is 43.2. The highest BCUT2D eigenvalue weighted by Crippen LogP contribution is 2.36. The number of hydrogen-bond donors (Lipinski definition) is 3. The Balaban J connectivity index is 2.34. The number of carbonyl (C=O) groups excluding carboxylic acids is 1. The largest absolute Gasteiger partial charge is 0.438 e. The van der Waals surface area contributed by atoms with Crippen molar-refractivity contribution < 1.29 is 42.0 Å². The lowest BCUT2D eigenvalue weighted by molar-refractivity contribution is -0.385. The normalized spacial score (nSPS) is 11.8. The number of aromatic nitrogens is 1. The summed E-state index contributed by atoms with van der Waals surface area (Å²) in [5.74, 6) is -1.89. The molecule has 0 saturated heterocycles. The maximum Gasteiger partial charge on any atom is 0.417 e. The first-order valence-electron chi connectivity index (χ1n) is 7.30. The predicted molar refractivity (Wildman–Crippen MR) is 91.8 cm³/mol. The number of pyridine rings is 1. The minimum absolute atomic E-state index is 0.244. The molecule has 0 unspecified atom stereocenters. The summed E-state index contributed by atoms with van der Waals surface area (Å²) in [6.07, 6.45) is -5.30. The number of amides is 1. The Morgan fingerprint density at radius 3 is 2.52 bits per heavy atom. The Kier molecular flexibility index (Phi) is 6.48. The van der Waals surface area contributed by atoms with Gasteiger partial charge in [0.1, 0.15) is 22.6 Å². The lowest BCUT2D eigenvalue weighted by Gasteiger charge is -2.11. The van der Waals surface area contributed by atoms with E-state index in [4.69, 9.17) is 26.1 Å². The van der Waals surface area contributed by atoms with Gasteiger partial charge in [-0.2, -0.15) is 13.2 Å². The zero-order valence-corrected chi connectivity index (χ0v) is 15.5. The molecule has 1 heterocycles. The molecule has 0 atom stereocenters. The van der Waals surface area contributed by atoms with E-state index in [9.17, 15) is 32.6 Å². The van der Waals surface area contributed by atoms with E-state index in [1.54, 1.807) is 0 Å². The molecule has 0 fully saturated rings. The number of nitrogens with one attached hydrogen (secondary N) is 1. The van der Waals surface area contributed by atoms with Crippen LogP contribution in [0.15, 0.2) is 30.5 Å². The maximum absolute atomic E-state index is 12.6. The molecular weight excluding hydrogens is 446 g/mol. The third-order valence-electron chi connectivity index (χ3n) is 3.20. The first kappa shape index (κ1) is 22.6. The minimum Gasteiger partial charge on any atom is -0.438 e. The molecule has 2 aromatic rings. The van der Waals surface area contributed by atoms with Crippen LogP contribution >= 0.6 is 19.2 Å². The van der Waals surface area contributed by atoms with Crippen molar-refractivity contribution in [2.45, 2.75) is 6.18 Å². The fourth-order valence-corrected chi connectivity index (χ4v) is 2.51. The van der Waals surface area contributed by atoms with Gasteiger partial charge in [-0.1, -0.05) is 11.6 Å². The number of nitrogens with zero attached hydrogens (tertiary/aromatic N) is 2. The number of rotatable bonds is 6. The third kappa shape index (κ3) is 6.12. The molecule has 0 radical (unpaired) electrons. The molecule has 3 N–H and O–H groups in total. The van der Waals surface area contributed by atoms with Gasteiger partial charge in [0, 0.05) is 18.3 Å². The summed E-state index contributed by atoms with van der Waals surface area (Å²) in [7, 11) is -4.62. The summed E-state index contributed by atoms with van der Waals surface area (Å²) >= 11 is 5.71. The molecule has 29 heavy (non-hydrogen) atoms. The van der Waals surface area contributed by atoms with Crippen molar-refractivity contribution in [1.29, 1.82) is 0 Å². The second kappa shape index (κ2) is 8.33. The molecule has 1 aromatic carbocycles. The van der Waals surface area contributed by atoms with Crippen LogP contribution in [0.3, 0.4) is 0 Å². The average molecular weight is 456 g/mol. The average Bonchev–Trinajstić information content (AvgIpc) is 2.59. The van der Waals surface area contributed by atoms with Crippen molar-refractivity contribution in [2.75, 3.05) is 6.29 Å². The fourth-order valence-electron chi connectivity index (χ4n) is 1.96. The van der Waals surface area contributed by atoms with Crippen molar-refractivity contribution in [3.63, 3.8) is 0 Å². The van der Waals surface area contributed by atoms with Gasteiger partial charge >= 0.3 is 13.8 Å². The van der Waals surface area contributed by atoms with Gasteiger partial charge in [0.2, 0.25) is 5.88 Å². The number of nitro benzene ring substituents is 1. The van der Waals surface area contributed by atoms with Gasteiger partial charge in [-0.25, -0.2) is 4.98 Å². The number of ether oxygens (including phenoxy) is 1. The maximum atomic E-state index is 12.6. The van der Waals surface area contributed by atoms with Crippen LogP contribution in [0.2, 0.25) is 5.02 Å². The van der Waals surface area contributed by atoms with Crippen LogP contribution < -0.4 is 10.1 Å². The highest BCUT2D eigenvalue weighted by Gasteiger charge is 2.32. The third-order valence-corrected chi connectivity index (χ3v) is 4.05. The van der Waals surface area contributed by atoms with E-state index < -0.39 is 58.6 Å². The highest BCUT2D eigenvalue weighted by molar-refractivity contribution is 7.51. The van der Waals surface area contributed by atoms with Crippen LogP contribution in [-0.4, -0.2) is 31.9 Å². The number of nitro groups is 1. The fraction of sp³-hybridized carbons (Fsp3) is 0.143. The second-order valence-electron chi connectivity index (χ2n) is 5.38. The summed E-state index contributed by atoms with van der Waals surface area (Å²) < 4.78 is 54.0. The zero-order chi connectivity index (χ0) is 22.0. The SMILES string of the molecule is O=C(NCP(=O)(O)O)c1cc(Oc2ncc(C(F)(F)F)cc2Cl)ccc1[N+](=O)[O-]. The van der Waals surface area contributed by atoms with Crippen molar-refractivity contribution in [1.82, 2.24) is 10.3 Å². The molecule has 0 bridgehead atoms. The van der Waals surface area contributed by atoms with Gasteiger partial charge in [0.15, 0.2) is 0 Å². The molecule has 1 amide bonds. The molecule has 15 heteroatoms. The number of halogens is 4. The predicted octanol–water partition coefficient (Wildman–Crippen LogP) is 3.32. The first-order valence-corrected chi connectivity index (χ1v) is 9.47. The first-order chi connectivity index (χ1) is 13.3. The monoisotopic (exact) mass is 455 g/mol. The Bertz CT molecular complexity index is 1010. The van der Waals surface area contributed by atoms with Crippen molar-refractivity contribution in [3.8, 4) is 11.6 Å². The van der Waals surface area contributed by atoms with Crippen LogP contribution in [0.5, 0.6) is 11.6 Å². The van der Waals surface area contributed by atoms with Gasteiger partial charge in [-0.3, -0.25) is 19.5 Å². The highest BCUT2D eigenvalue weighted by atomic mass is 35.5. The van der Waals surface area contributed by atoms with Crippen LogP contribution in [0.25, 0.3) is 0 Å². The zero-order valence-electron chi connectivity index (χ0n) is 13.9. The van der Waals surface area contributed by atoms with Crippen molar-refractivity contribution in [3.05, 3.63) is 56.7 Å². The van der Waals surface area contributed by atoms with Crippen molar-refractivity contribution >= 4 is 30.8 Å². The van der Waals surface area contributed by atoms with Crippen LogP contribution in [0, 0.1) is 10.1 Å². The lowest BCUT2D eigenvalue weighted by atomic mass is 10.1. The molecule has 0 saturated carbocycles. The van der Waals surface area contributed by atoms with E-state index in [0.717, 1.165) is 18.2 Å². The minimum atomic E-state index is -4.69. The second-order valence-corrected chi connectivity index (χ2v) is 7.43. The van der Waals surface area contributed by atoms with Crippen molar-refractivity contribution in [2.24, 2.45) is 0 Å². The van der Waals surface area contributed by atoms with Gasteiger partial charge < -0.3 is 19.8 Å². The van der Waals surface area contributed by atoms with Gasteiger partial charge in [-0.15, -0.1) is 0 Å². The summed E-state index contributed by atoms with van der Waals surface area (Å²) in [6.45, 7) is 0. The number of benzene rings is 1. The molecular formula is C14H10ClF3N3O7P. The molecule has 0 spiro atoms. The molecule has 0 aliphatic rings. The molecule has 156 valence electrons. The molecule has 10 nitrogen and oxygen atoms in total. The van der Waals surface area contributed by atoms with E-state index in [1.165, 1.54) is 0 Å². The van der Waals surface area contributed by atoms with Crippen LogP contribution in [-0.2, 0) is 10.7 Å². The molecule has 1 aromatic heterocycles. The lowest BCUT2D eigenvalue weighted by Crippen LogP contribution is -2.25. The van der Waals surface area contributed by atoms with E-state index in [1.807, 2.05) is 5.32 Å². The Labute approximate surface area is 164 Å². The van der Waals surface area contributed by atoms with Crippen LogP contribution in [0.1, 0.15) is 15.9 Å². The van der Waals surface area contributed by atoms with E-state index in [0.29, 0.717) is 12.3 Å². The number of alkyl halides is 3. The molecule has 2 rings (SSSR count). The Morgan fingerprint density at radius 2 is 2.00 bits per heavy atom. The number of carbonyl (C=O) groups is 1. The van der Waals surface area contributed by atoms with E-state index >= 15 is 0 Å². The Morgan fingerprint density at radius 1 is 1.34 bits per heavy atom. The summed E-state index contributed by atoms with van der Waals surface area (Å²) in [5, 5.41) is 12.4.